The maximum atomic E-state index is 11.2. The van der Waals surface area contributed by atoms with Crippen LogP contribution in [-0.2, 0) is 15.3 Å². The van der Waals surface area contributed by atoms with Crippen LogP contribution in [-0.4, -0.2) is 33.3 Å². The lowest BCUT2D eigenvalue weighted by Gasteiger charge is -1.99. The van der Waals surface area contributed by atoms with Crippen molar-refractivity contribution in [3.05, 3.63) is 22.6 Å². The van der Waals surface area contributed by atoms with Crippen LogP contribution in [0.2, 0.25) is 0 Å². The summed E-state index contributed by atoms with van der Waals surface area (Å²) in [5.41, 5.74) is 1.57. The Morgan fingerprint density at radius 3 is 3.22 bits per heavy atom. The quantitative estimate of drug-likeness (QED) is 0.853. The Kier molecular flexibility index (Phi) is 4.60. The van der Waals surface area contributed by atoms with Crippen molar-refractivity contribution in [1.29, 1.82) is 0 Å². The molecule has 0 amide bonds. The van der Waals surface area contributed by atoms with E-state index in [1.165, 1.54) is 11.8 Å². The molecule has 0 unspecified atom stereocenters. The fraction of sp³-hybridized carbons (Fsp3) is 0.364. The number of pyridine rings is 1. The Morgan fingerprint density at radius 1 is 1.61 bits per heavy atom. The summed E-state index contributed by atoms with van der Waals surface area (Å²) in [4.78, 5) is 22.8. The third-order valence-electron chi connectivity index (χ3n) is 2.12. The Morgan fingerprint density at radius 2 is 2.44 bits per heavy atom. The molecule has 18 heavy (non-hydrogen) atoms. The number of ether oxygens (including phenoxy) is 1. The van der Waals surface area contributed by atoms with Crippen molar-refractivity contribution in [2.75, 3.05) is 12.4 Å². The Hall–Kier alpha value is -1.08. The molecule has 2 heterocycles. The van der Waals surface area contributed by atoms with Gasteiger partial charge in [0.05, 0.1) is 23.6 Å². The Labute approximate surface area is 117 Å². The smallest absolute Gasteiger partial charge is 0.315 e. The molecule has 0 aliphatic rings. The zero-order valence-corrected chi connectivity index (χ0v) is 12.2. The molecule has 0 aliphatic heterocycles. The average Bonchev–Trinajstić information content (AvgIpc) is 2.71. The molecule has 0 saturated heterocycles. The molecule has 0 aromatic carbocycles. The van der Waals surface area contributed by atoms with Crippen molar-refractivity contribution in [3.8, 4) is 0 Å². The van der Waals surface area contributed by atoms with E-state index in [0.717, 1.165) is 15.8 Å². The van der Waals surface area contributed by atoms with Gasteiger partial charge in [0.25, 0.3) is 0 Å². The molecule has 5 nitrogen and oxygen atoms in total. The van der Waals surface area contributed by atoms with Gasteiger partial charge in [0.15, 0.2) is 5.65 Å². The van der Waals surface area contributed by atoms with Crippen LogP contribution < -0.4 is 0 Å². The normalized spacial score (nSPS) is 10.8. The summed E-state index contributed by atoms with van der Waals surface area (Å²) in [7, 11) is 0. The number of hydrogen-bond acceptors (Lipinski definition) is 5. The molecule has 2 rings (SSSR count). The number of carbonyl (C=O) groups excluding carboxylic acids is 1. The van der Waals surface area contributed by atoms with E-state index in [0.29, 0.717) is 23.8 Å². The van der Waals surface area contributed by atoms with E-state index in [2.05, 4.69) is 30.9 Å². The second-order valence-electron chi connectivity index (χ2n) is 3.51. The molecular formula is C11H12BrN3O2S. The summed E-state index contributed by atoms with van der Waals surface area (Å²) in [6.45, 7) is 2.22. The lowest BCUT2D eigenvalue weighted by Crippen LogP contribution is -2.06. The Bertz CT molecular complexity index is 558. The number of H-pyrrole nitrogens is 1. The number of thioether (sulfide) groups is 1. The fourth-order valence-electron chi connectivity index (χ4n) is 1.43. The number of nitrogens with zero attached hydrogens (tertiary/aromatic N) is 2. The van der Waals surface area contributed by atoms with E-state index in [1.54, 1.807) is 13.1 Å². The van der Waals surface area contributed by atoms with Gasteiger partial charge in [-0.05, 0) is 28.9 Å². The number of fused-ring (bicyclic) bond motifs is 1. The van der Waals surface area contributed by atoms with Gasteiger partial charge in [-0.1, -0.05) is 0 Å². The van der Waals surface area contributed by atoms with Crippen LogP contribution in [0.5, 0.6) is 0 Å². The van der Waals surface area contributed by atoms with Crippen LogP contribution in [0.25, 0.3) is 11.2 Å². The maximum absolute atomic E-state index is 11.2. The number of halogens is 1. The van der Waals surface area contributed by atoms with E-state index in [-0.39, 0.29) is 5.97 Å². The fourth-order valence-corrected chi connectivity index (χ4v) is 2.44. The summed E-state index contributed by atoms with van der Waals surface area (Å²) in [5, 5.41) is 0. The number of esters is 1. The second-order valence-corrected chi connectivity index (χ2v) is 5.41. The maximum Gasteiger partial charge on any atom is 0.315 e. The van der Waals surface area contributed by atoms with Crippen LogP contribution in [0.3, 0.4) is 0 Å². The van der Waals surface area contributed by atoms with E-state index in [1.807, 2.05) is 6.07 Å². The molecule has 2 aromatic rings. The van der Waals surface area contributed by atoms with Crippen LogP contribution in [0.1, 0.15) is 12.7 Å². The first-order valence-corrected chi connectivity index (χ1v) is 7.37. The van der Waals surface area contributed by atoms with Gasteiger partial charge in [-0.15, -0.1) is 11.8 Å². The highest BCUT2D eigenvalue weighted by atomic mass is 79.9. The van der Waals surface area contributed by atoms with Gasteiger partial charge in [-0.3, -0.25) is 4.79 Å². The summed E-state index contributed by atoms with van der Waals surface area (Å²) < 4.78 is 5.75. The SMILES string of the molecule is CCOC(=O)CSCc1nc2ncc(Br)cc2[nH]1. The van der Waals surface area contributed by atoms with Gasteiger partial charge in [0.2, 0.25) is 0 Å². The van der Waals surface area contributed by atoms with Crippen molar-refractivity contribution in [3.63, 3.8) is 0 Å². The lowest BCUT2D eigenvalue weighted by molar-refractivity contribution is -0.139. The van der Waals surface area contributed by atoms with Gasteiger partial charge in [-0.25, -0.2) is 9.97 Å². The summed E-state index contributed by atoms with van der Waals surface area (Å²) in [5.74, 6) is 1.58. The van der Waals surface area contributed by atoms with Crippen molar-refractivity contribution < 1.29 is 9.53 Å². The molecule has 0 fully saturated rings. The van der Waals surface area contributed by atoms with Gasteiger partial charge in [-0.2, -0.15) is 0 Å². The van der Waals surface area contributed by atoms with Gasteiger partial charge >= 0.3 is 5.97 Å². The second kappa shape index (κ2) is 6.19. The number of nitrogens with one attached hydrogen (secondary N) is 1. The number of aromatic amines is 1. The minimum atomic E-state index is -0.195. The summed E-state index contributed by atoms with van der Waals surface area (Å²) in [6, 6.07) is 1.93. The van der Waals surface area contributed by atoms with Crippen molar-refractivity contribution in [1.82, 2.24) is 15.0 Å². The minimum absolute atomic E-state index is 0.195. The van der Waals surface area contributed by atoms with Crippen LogP contribution in [0.4, 0.5) is 0 Å². The predicted molar refractivity (Wildman–Crippen MR) is 74.4 cm³/mol. The average molecular weight is 330 g/mol. The van der Waals surface area contributed by atoms with Crippen LogP contribution in [0, 0.1) is 0 Å². The van der Waals surface area contributed by atoms with Gasteiger partial charge < -0.3 is 9.72 Å². The standard InChI is InChI=1S/C11H12BrN3O2S/c1-2-17-10(16)6-18-5-9-14-8-3-7(12)4-13-11(8)15-9/h3-4H,2,5-6H2,1H3,(H,13,14,15). The van der Waals surface area contributed by atoms with Gasteiger partial charge in [0, 0.05) is 10.7 Å². The van der Waals surface area contributed by atoms with Crippen LogP contribution >= 0.6 is 27.7 Å². The van der Waals surface area contributed by atoms with E-state index >= 15 is 0 Å². The Balaban J connectivity index is 1.94. The van der Waals surface area contributed by atoms with Crippen molar-refractivity contribution in [2.24, 2.45) is 0 Å². The molecule has 0 radical (unpaired) electrons. The van der Waals surface area contributed by atoms with Crippen LogP contribution in [0.15, 0.2) is 16.7 Å². The molecular weight excluding hydrogens is 318 g/mol. The first-order valence-electron chi connectivity index (χ1n) is 5.42. The summed E-state index contributed by atoms with van der Waals surface area (Å²) >= 11 is 4.82. The first-order chi connectivity index (χ1) is 8.69. The first kappa shape index (κ1) is 13.4. The molecule has 0 saturated carbocycles. The monoisotopic (exact) mass is 329 g/mol. The predicted octanol–water partition coefficient (Wildman–Crippen LogP) is 2.52. The number of carbonyl (C=O) groups is 1. The molecule has 0 atom stereocenters. The van der Waals surface area contributed by atoms with Gasteiger partial charge in [0.1, 0.15) is 5.82 Å². The lowest BCUT2D eigenvalue weighted by atomic mass is 10.4. The molecule has 2 aromatic heterocycles. The number of rotatable bonds is 5. The van der Waals surface area contributed by atoms with E-state index < -0.39 is 0 Å². The highest BCUT2D eigenvalue weighted by Gasteiger charge is 2.06. The third-order valence-corrected chi connectivity index (χ3v) is 3.47. The van der Waals surface area contributed by atoms with Crippen molar-refractivity contribution in [2.45, 2.75) is 12.7 Å². The van der Waals surface area contributed by atoms with Crippen molar-refractivity contribution >= 4 is 44.8 Å². The number of aromatic nitrogens is 3. The molecule has 0 aliphatic carbocycles. The largest absolute Gasteiger partial charge is 0.465 e. The molecule has 1 N–H and O–H groups in total. The third kappa shape index (κ3) is 3.46. The minimum Gasteiger partial charge on any atom is -0.465 e. The topological polar surface area (TPSA) is 67.9 Å². The highest BCUT2D eigenvalue weighted by Crippen LogP contribution is 2.17. The number of hydrogen-bond donors (Lipinski definition) is 1. The highest BCUT2D eigenvalue weighted by molar-refractivity contribution is 9.10. The molecule has 96 valence electrons. The molecule has 0 bridgehead atoms. The van der Waals surface area contributed by atoms with E-state index in [4.69, 9.17) is 4.74 Å². The zero-order valence-electron chi connectivity index (χ0n) is 9.77. The summed E-state index contributed by atoms with van der Waals surface area (Å²) in [6.07, 6.45) is 1.71. The zero-order chi connectivity index (χ0) is 13.0. The van der Waals surface area contributed by atoms with E-state index in [9.17, 15) is 4.79 Å². The molecule has 0 spiro atoms. The number of imidazole rings is 1. The molecule has 7 heteroatoms.